The minimum Gasteiger partial charge on any atom is -0.409 e. The summed E-state index contributed by atoms with van der Waals surface area (Å²) in [4.78, 5) is 11.0. The highest BCUT2D eigenvalue weighted by atomic mass is 16.6. The summed E-state index contributed by atoms with van der Waals surface area (Å²) in [6.07, 6.45) is 0.0791. The highest BCUT2D eigenvalue weighted by Gasteiger charge is 2.11. The molecule has 0 bridgehead atoms. The molecule has 4 nitrogen and oxygen atoms in total. The first-order valence-corrected chi connectivity index (χ1v) is 6.23. The monoisotopic (exact) mass is 259 g/mol. The van der Waals surface area contributed by atoms with E-state index in [9.17, 15) is 4.79 Å². The Bertz CT molecular complexity index is 551. The number of nitrogens with one attached hydrogen (secondary N) is 1. The Labute approximate surface area is 112 Å². The van der Waals surface area contributed by atoms with Gasteiger partial charge in [0.05, 0.1) is 0 Å². The van der Waals surface area contributed by atoms with Crippen molar-refractivity contribution in [3.63, 3.8) is 0 Å². The van der Waals surface area contributed by atoms with Crippen molar-refractivity contribution >= 4 is 6.09 Å². The van der Waals surface area contributed by atoms with E-state index in [1.165, 1.54) is 11.0 Å². The summed E-state index contributed by atoms with van der Waals surface area (Å²) in [6, 6.07) is 11.5. The summed E-state index contributed by atoms with van der Waals surface area (Å²) < 4.78 is 4.96. The summed E-state index contributed by atoms with van der Waals surface area (Å²) in [7, 11) is 0. The van der Waals surface area contributed by atoms with Gasteiger partial charge in [-0.25, -0.2) is 10.3 Å². The number of rotatable bonds is 3. The van der Waals surface area contributed by atoms with Crippen LogP contribution in [0.4, 0.5) is 4.79 Å². The highest BCUT2D eigenvalue weighted by Crippen LogP contribution is 2.31. The summed E-state index contributed by atoms with van der Waals surface area (Å²) in [5.74, 6) is 0.957. The van der Waals surface area contributed by atoms with Gasteiger partial charge in [0.25, 0.3) is 0 Å². The molecule has 4 heteroatoms. The molecule has 1 amide bonds. The molecule has 0 spiro atoms. The number of hydroxylamine groups is 1. The molecule has 0 saturated heterocycles. The van der Waals surface area contributed by atoms with Gasteiger partial charge in [-0.05, 0) is 41.2 Å². The maximum absolute atomic E-state index is 11.0. The second-order valence-corrected chi connectivity index (χ2v) is 4.90. The number of hydrogen-bond donors (Lipinski definition) is 2. The van der Waals surface area contributed by atoms with Crippen LogP contribution in [0.15, 0.2) is 36.4 Å². The standard InChI is InChI=1S/C15H17NO3/c1-10(2)8-12-7-6-11-4-3-5-13(9-14(11)12)19-15(17)16-18/h3-7,9-10,18H,8H2,1-2H3,(H,16,17). The van der Waals surface area contributed by atoms with Gasteiger partial charge in [-0.1, -0.05) is 38.1 Å². The van der Waals surface area contributed by atoms with Crippen molar-refractivity contribution < 1.29 is 14.7 Å². The average Bonchev–Trinajstić information content (AvgIpc) is 2.61. The minimum absolute atomic E-state index is 0.401. The zero-order chi connectivity index (χ0) is 13.8. The Balaban J connectivity index is 2.37. The second-order valence-electron chi connectivity index (χ2n) is 4.90. The first kappa shape index (κ1) is 13.4. The van der Waals surface area contributed by atoms with Gasteiger partial charge in [-0.2, -0.15) is 0 Å². The SMILES string of the molecule is CC(C)Cc1ccc2cccc(OC(=O)NO)cc1-2. The van der Waals surface area contributed by atoms with Gasteiger partial charge in [0.15, 0.2) is 0 Å². The Morgan fingerprint density at radius 3 is 2.79 bits per heavy atom. The van der Waals surface area contributed by atoms with Crippen molar-refractivity contribution in [3.8, 4) is 16.9 Å². The molecule has 0 aromatic rings. The lowest BCUT2D eigenvalue weighted by molar-refractivity contribution is 0.127. The fraction of sp³-hybridized carbons (Fsp3) is 0.267. The van der Waals surface area contributed by atoms with Crippen molar-refractivity contribution in [2.24, 2.45) is 5.92 Å². The summed E-state index contributed by atoms with van der Waals surface area (Å²) in [5, 5.41) is 8.48. The maximum atomic E-state index is 11.0. The number of hydrogen-bond acceptors (Lipinski definition) is 3. The first-order chi connectivity index (χ1) is 9.10. The first-order valence-electron chi connectivity index (χ1n) is 6.23. The molecule has 2 aliphatic rings. The van der Waals surface area contributed by atoms with Crippen molar-refractivity contribution in [3.05, 3.63) is 42.0 Å². The Morgan fingerprint density at radius 2 is 2.11 bits per heavy atom. The molecular formula is C15H17NO3. The normalized spacial score (nSPS) is 10.7. The lowest BCUT2D eigenvalue weighted by Gasteiger charge is -2.06. The Morgan fingerprint density at radius 1 is 1.32 bits per heavy atom. The van der Waals surface area contributed by atoms with E-state index < -0.39 is 6.09 Å². The van der Waals surface area contributed by atoms with Gasteiger partial charge in [0.1, 0.15) is 5.75 Å². The van der Waals surface area contributed by atoms with Crippen LogP contribution in [0.25, 0.3) is 11.1 Å². The fourth-order valence-electron chi connectivity index (χ4n) is 2.12. The lowest BCUT2D eigenvalue weighted by Crippen LogP contribution is -2.22. The Kier molecular flexibility index (Phi) is 4.02. The van der Waals surface area contributed by atoms with E-state index >= 15 is 0 Å². The number of carbonyl (C=O) groups is 1. The molecule has 2 N–H and O–H groups in total. The predicted molar refractivity (Wildman–Crippen MR) is 72.6 cm³/mol. The number of fused-ring (bicyclic) bond motifs is 1. The molecule has 0 unspecified atom stereocenters. The number of carbonyl (C=O) groups excluding carboxylic acids is 1. The third kappa shape index (κ3) is 3.23. The number of amides is 1. The maximum Gasteiger partial charge on any atom is 0.436 e. The van der Waals surface area contributed by atoms with E-state index in [1.54, 1.807) is 6.07 Å². The molecule has 2 aliphatic carbocycles. The van der Waals surface area contributed by atoms with Crippen molar-refractivity contribution in [2.45, 2.75) is 20.3 Å². The van der Waals surface area contributed by atoms with Gasteiger partial charge >= 0.3 is 6.09 Å². The molecule has 0 aliphatic heterocycles. The molecule has 0 heterocycles. The highest BCUT2D eigenvalue weighted by molar-refractivity contribution is 5.74. The summed E-state index contributed by atoms with van der Waals surface area (Å²) >= 11 is 0. The minimum atomic E-state index is -0.892. The van der Waals surface area contributed by atoms with E-state index in [1.807, 2.05) is 18.2 Å². The van der Waals surface area contributed by atoms with Crippen molar-refractivity contribution in [2.75, 3.05) is 0 Å². The van der Waals surface area contributed by atoms with Crippen LogP contribution in [0, 0.1) is 5.92 Å². The molecule has 100 valence electrons. The predicted octanol–water partition coefficient (Wildman–Crippen LogP) is 3.47. The van der Waals surface area contributed by atoms with Crippen molar-refractivity contribution in [1.29, 1.82) is 0 Å². The molecule has 2 rings (SSSR count). The van der Waals surface area contributed by atoms with Gasteiger partial charge in [-0.3, -0.25) is 5.21 Å². The van der Waals surface area contributed by atoms with Gasteiger partial charge in [0.2, 0.25) is 0 Å². The van der Waals surface area contributed by atoms with Gasteiger partial charge in [-0.15, -0.1) is 0 Å². The van der Waals surface area contributed by atoms with E-state index in [-0.39, 0.29) is 0 Å². The van der Waals surface area contributed by atoms with E-state index in [2.05, 4.69) is 26.0 Å². The van der Waals surface area contributed by atoms with Crippen LogP contribution in [0.5, 0.6) is 5.75 Å². The molecule has 0 aromatic heterocycles. The summed E-state index contributed by atoms with van der Waals surface area (Å²) in [5.41, 5.74) is 4.86. The smallest absolute Gasteiger partial charge is 0.409 e. The third-order valence-corrected chi connectivity index (χ3v) is 2.87. The van der Waals surface area contributed by atoms with E-state index in [0.717, 1.165) is 17.5 Å². The van der Waals surface area contributed by atoms with Crippen LogP contribution in [-0.4, -0.2) is 11.3 Å². The van der Waals surface area contributed by atoms with Crippen LogP contribution in [0.2, 0.25) is 0 Å². The molecule has 0 saturated carbocycles. The quantitative estimate of drug-likeness (QED) is 0.655. The van der Waals surface area contributed by atoms with Gasteiger partial charge < -0.3 is 4.74 Å². The molecule has 0 aromatic carbocycles. The molecular weight excluding hydrogens is 242 g/mol. The molecule has 19 heavy (non-hydrogen) atoms. The fourth-order valence-corrected chi connectivity index (χ4v) is 2.12. The van der Waals surface area contributed by atoms with Crippen molar-refractivity contribution in [1.82, 2.24) is 5.48 Å². The van der Waals surface area contributed by atoms with E-state index in [4.69, 9.17) is 9.94 Å². The molecule has 0 radical (unpaired) electrons. The Hall–Kier alpha value is -2.07. The third-order valence-electron chi connectivity index (χ3n) is 2.87. The molecule has 0 fully saturated rings. The number of ether oxygens (including phenoxy) is 1. The van der Waals surface area contributed by atoms with E-state index in [0.29, 0.717) is 11.7 Å². The average molecular weight is 259 g/mol. The van der Waals surface area contributed by atoms with Crippen LogP contribution in [-0.2, 0) is 6.42 Å². The zero-order valence-corrected chi connectivity index (χ0v) is 11.0. The second kappa shape index (κ2) is 5.71. The lowest BCUT2D eigenvalue weighted by atomic mass is 10.0. The van der Waals surface area contributed by atoms with Crippen LogP contribution >= 0.6 is 0 Å². The largest absolute Gasteiger partial charge is 0.436 e. The van der Waals surface area contributed by atoms with Crippen LogP contribution in [0.3, 0.4) is 0 Å². The van der Waals surface area contributed by atoms with Crippen LogP contribution < -0.4 is 10.2 Å². The van der Waals surface area contributed by atoms with Gasteiger partial charge in [0, 0.05) is 0 Å². The topological polar surface area (TPSA) is 58.6 Å². The zero-order valence-electron chi connectivity index (χ0n) is 11.0. The summed E-state index contributed by atoms with van der Waals surface area (Å²) in [6.45, 7) is 4.33. The van der Waals surface area contributed by atoms with Crippen LogP contribution in [0.1, 0.15) is 19.4 Å². The molecule has 0 atom stereocenters.